The molecule has 1 aliphatic heterocycles. The number of aryl methyl sites for hydroxylation is 1. The molecule has 1 saturated heterocycles. The molecule has 29 heavy (non-hydrogen) atoms. The molecule has 0 spiro atoms. The third-order valence-corrected chi connectivity index (χ3v) is 5.68. The van der Waals surface area contributed by atoms with Crippen molar-refractivity contribution in [1.82, 2.24) is 19.9 Å². The maximum Gasteiger partial charge on any atom is 0.240 e. The number of carbonyl (C=O) groups excluding carboxylic acids is 1. The quantitative estimate of drug-likeness (QED) is 0.645. The fourth-order valence-corrected chi connectivity index (χ4v) is 4.12. The Morgan fingerprint density at radius 2 is 2.17 bits per heavy atom. The number of amides is 1. The predicted molar refractivity (Wildman–Crippen MR) is 116 cm³/mol. The lowest BCUT2D eigenvalue weighted by Gasteiger charge is -2.32. The molecule has 1 aliphatic rings. The van der Waals surface area contributed by atoms with Crippen LogP contribution >= 0.6 is 11.3 Å². The first-order valence-electron chi connectivity index (χ1n) is 9.74. The highest BCUT2D eigenvalue weighted by atomic mass is 32.1. The molecule has 0 radical (unpaired) electrons. The number of nitrogens with zero attached hydrogens (tertiary/aromatic N) is 4. The van der Waals surface area contributed by atoms with Crippen LogP contribution in [-0.2, 0) is 4.79 Å². The van der Waals surface area contributed by atoms with E-state index in [1.54, 1.807) is 12.4 Å². The van der Waals surface area contributed by atoms with Crippen molar-refractivity contribution in [3.63, 3.8) is 0 Å². The molecular weight excluding hydrogens is 384 g/mol. The van der Waals surface area contributed by atoms with Gasteiger partial charge < -0.3 is 10.6 Å². The lowest BCUT2D eigenvalue weighted by molar-refractivity contribution is -0.117. The van der Waals surface area contributed by atoms with Gasteiger partial charge in [0, 0.05) is 35.9 Å². The summed E-state index contributed by atoms with van der Waals surface area (Å²) in [6.07, 6.45) is 5.59. The first kappa shape index (κ1) is 19.5. The third-order valence-electron chi connectivity index (χ3n) is 5.00. The molecule has 0 aliphatic carbocycles. The van der Waals surface area contributed by atoms with Crippen molar-refractivity contribution in [1.29, 1.82) is 0 Å². The molecular formula is C21H24N6OS. The van der Waals surface area contributed by atoms with Gasteiger partial charge in [-0.2, -0.15) is 0 Å². The van der Waals surface area contributed by atoms with Gasteiger partial charge in [-0.15, -0.1) is 11.3 Å². The Labute approximate surface area is 174 Å². The van der Waals surface area contributed by atoms with Gasteiger partial charge in [0.25, 0.3) is 0 Å². The molecule has 3 aromatic rings. The maximum atomic E-state index is 12.3. The number of nitrogens with one attached hydrogen (secondary N) is 2. The number of aromatic nitrogens is 3. The average molecular weight is 409 g/mol. The van der Waals surface area contributed by atoms with Crippen molar-refractivity contribution in [3.05, 3.63) is 59.4 Å². The molecule has 0 saturated carbocycles. The fraction of sp³-hybridized carbons (Fsp3) is 0.333. The number of likely N-dealkylation sites (tertiary alicyclic amines) is 1. The number of pyridine rings is 2. The van der Waals surface area contributed by atoms with Crippen molar-refractivity contribution < 1.29 is 4.79 Å². The molecule has 4 rings (SSSR count). The van der Waals surface area contributed by atoms with Crippen LogP contribution in [0.4, 0.5) is 16.8 Å². The van der Waals surface area contributed by atoms with E-state index >= 15 is 0 Å². The Bertz CT molecular complexity index is 961. The van der Waals surface area contributed by atoms with Crippen LogP contribution in [0.2, 0.25) is 0 Å². The molecule has 8 heteroatoms. The van der Waals surface area contributed by atoms with E-state index in [0.717, 1.165) is 48.8 Å². The molecule has 0 aromatic carbocycles. The number of piperidine rings is 1. The summed E-state index contributed by atoms with van der Waals surface area (Å²) in [6.45, 7) is 4.15. The van der Waals surface area contributed by atoms with Crippen LogP contribution in [0.1, 0.15) is 30.0 Å². The smallest absolute Gasteiger partial charge is 0.240 e. The molecule has 1 fully saturated rings. The normalized spacial score (nSPS) is 17.1. The largest absolute Gasteiger partial charge is 0.325 e. The van der Waals surface area contributed by atoms with E-state index in [1.165, 1.54) is 11.3 Å². The summed E-state index contributed by atoms with van der Waals surface area (Å²) in [5.41, 5.74) is 2.13. The lowest BCUT2D eigenvalue weighted by atomic mass is 9.94. The topological polar surface area (TPSA) is 83.0 Å². The van der Waals surface area contributed by atoms with Crippen molar-refractivity contribution in [2.75, 3.05) is 30.3 Å². The lowest BCUT2D eigenvalue weighted by Crippen LogP contribution is -2.40. The molecule has 7 nitrogen and oxygen atoms in total. The Morgan fingerprint density at radius 3 is 3.00 bits per heavy atom. The van der Waals surface area contributed by atoms with Crippen LogP contribution in [0.15, 0.2) is 48.1 Å². The van der Waals surface area contributed by atoms with E-state index in [1.807, 2.05) is 36.6 Å². The van der Waals surface area contributed by atoms with Crippen LogP contribution in [0.25, 0.3) is 0 Å². The number of carbonyl (C=O) groups is 1. The van der Waals surface area contributed by atoms with E-state index in [-0.39, 0.29) is 5.91 Å². The monoisotopic (exact) mass is 408 g/mol. The highest BCUT2D eigenvalue weighted by Gasteiger charge is 2.24. The van der Waals surface area contributed by atoms with Gasteiger partial charge >= 0.3 is 0 Å². The highest BCUT2D eigenvalue weighted by molar-refractivity contribution is 7.13. The highest BCUT2D eigenvalue weighted by Crippen LogP contribution is 2.27. The average Bonchev–Trinajstić information content (AvgIpc) is 3.23. The van der Waals surface area contributed by atoms with Crippen molar-refractivity contribution in [2.24, 2.45) is 0 Å². The summed E-state index contributed by atoms with van der Waals surface area (Å²) < 4.78 is 0. The number of hydrogen-bond acceptors (Lipinski definition) is 7. The Morgan fingerprint density at radius 1 is 1.24 bits per heavy atom. The van der Waals surface area contributed by atoms with E-state index in [2.05, 4.69) is 31.6 Å². The summed E-state index contributed by atoms with van der Waals surface area (Å²) in [7, 11) is 0. The van der Waals surface area contributed by atoms with Gasteiger partial charge in [0.2, 0.25) is 5.91 Å². The van der Waals surface area contributed by atoms with Gasteiger partial charge in [-0.3, -0.25) is 9.69 Å². The van der Waals surface area contributed by atoms with E-state index in [0.29, 0.717) is 17.6 Å². The second-order valence-corrected chi connectivity index (χ2v) is 8.10. The summed E-state index contributed by atoms with van der Waals surface area (Å²) >= 11 is 1.43. The van der Waals surface area contributed by atoms with E-state index < -0.39 is 0 Å². The molecule has 150 valence electrons. The molecule has 0 bridgehead atoms. The summed E-state index contributed by atoms with van der Waals surface area (Å²) in [5.74, 6) is 1.90. The zero-order valence-corrected chi connectivity index (χ0v) is 17.2. The molecule has 2 N–H and O–H groups in total. The second-order valence-electron chi connectivity index (χ2n) is 7.20. The zero-order chi connectivity index (χ0) is 20.1. The fourth-order valence-electron chi connectivity index (χ4n) is 3.57. The van der Waals surface area contributed by atoms with E-state index in [9.17, 15) is 4.79 Å². The summed E-state index contributed by atoms with van der Waals surface area (Å²) in [6, 6.07) is 10.00. The van der Waals surface area contributed by atoms with Crippen molar-refractivity contribution in [2.45, 2.75) is 25.7 Å². The number of hydrogen-bond donors (Lipinski definition) is 2. The minimum Gasteiger partial charge on any atom is -0.325 e. The van der Waals surface area contributed by atoms with Crippen LogP contribution in [0, 0.1) is 6.92 Å². The predicted octanol–water partition coefficient (Wildman–Crippen LogP) is 3.80. The minimum atomic E-state index is -0.0189. The second kappa shape index (κ2) is 9.11. The zero-order valence-electron chi connectivity index (χ0n) is 16.3. The minimum absolute atomic E-state index is 0.0189. The van der Waals surface area contributed by atoms with Crippen molar-refractivity contribution in [3.8, 4) is 0 Å². The van der Waals surface area contributed by atoms with Gasteiger partial charge in [0.15, 0.2) is 5.13 Å². The first-order valence-corrected chi connectivity index (χ1v) is 10.6. The summed E-state index contributed by atoms with van der Waals surface area (Å²) in [4.78, 5) is 27.8. The van der Waals surface area contributed by atoms with Gasteiger partial charge in [0.05, 0.1) is 6.54 Å². The first-order chi connectivity index (χ1) is 14.2. The van der Waals surface area contributed by atoms with Gasteiger partial charge in [-0.25, -0.2) is 15.0 Å². The molecule has 1 amide bonds. The van der Waals surface area contributed by atoms with Crippen LogP contribution in [-0.4, -0.2) is 45.4 Å². The Kier molecular flexibility index (Phi) is 6.12. The molecule has 1 atom stereocenters. The van der Waals surface area contributed by atoms with Gasteiger partial charge in [0.1, 0.15) is 11.6 Å². The van der Waals surface area contributed by atoms with Gasteiger partial charge in [-0.1, -0.05) is 12.1 Å². The molecule has 3 aromatic heterocycles. The maximum absolute atomic E-state index is 12.3. The van der Waals surface area contributed by atoms with Crippen molar-refractivity contribution >= 4 is 34.0 Å². The third kappa shape index (κ3) is 5.16. The number of thiazole rings is 1. The number of rotatable bonds is 6. The van der Waals surface area contributed by atoms with Gasteiger partial charge in [-0.05, 0) is 50.1 Å². The van der Waals surface area contributed by atoms with E-state index in [4.69, 9.17) is 4.98 Å². The molecule has 1 unspecified atom stereocenters. The van der Waals surface area contributed by atoms with Crippen LogP contribution in [0.5, 0.6) is 0 Å². The standard InChI is InChI=1S/C21H24N6OS/c1-15-5-3-9-22-20(15)25-18-8-2-7-17(24-18)16-6-4-11-27(13-16)14-19(28)26-21-23-10-12-29-21/h2-3,5,7-10,12,16H,4,6,11,13-14H2,1H3,(H,22,24,25)(H,23,26,28). The SMILES string of the molecule is Cc1cccnc1Nc1cccc(C2CCCN(CC(=O)Nc3nccs3)C2)n1. The molecule has 4 heterocycles. The van der Waals surface area contributed by atoms with Crippen LogP contribution in [0.3, 0.4) is 0 Å². The number of anilines is 3. The Balaban J connectivity index is 1.39. The summed E-state index contributed by atoms with van der Waals surface area (Å²) in [5, 5.41) is 8.67. The van der Waals surface area contributed by atoms with Crippen LogP contribution < -0.4 is 10.6 Å². The Hall–Kier alpha value is -2.84.